The van der Waals surface area contributed by atoms with Crippen LogP contribution in [0, 0.1) is 0 Å². The summed E-state index contributed by atoms with van der Waals surface area (Å²) in [5.74, 6) is 1.12. The summed E-state index contributed by atoms with van der Waals surface area (Å²) in [6, 6.07) is 5.45. The van der Waals surface area contributed by atoms with Crippen LogP contribution in [-0.2, 0) is 5.41 Å². The lowest BCUT2D eigenvalue weighted by molar-refractivity contribution is 0.399. The van der Waals surface area contributed by atoms with Gasteiger partial charge in [0.15, 0.2) is 0 Å². The molecule has 0 amide bonds. The number of halogens is 2. The van der Waals surface area contributed by atoms with Crippen LogP contribution in [0.2, 0.25) is 5.02 Å². The van der Waals surface area contributed by atoms with E-state index >= 15 is 0 Å². The first-order valence-corrected chi connectivity index (χ1v) is 6.34. The maximum absolute atomic E-state index is 5.89. The van der Waals surface area contributed by atoms with Crippen molar-refractivity contribution in [2.45, 2.75) is 26.2 Å². The van der Waals surface area contributed by atoms with E-state index in [0.717, 1.165) is 10.0 Å². The molecule has 0 saturated heterocycles. The van der Waals surface area contributed by atoms with E-state index in [9.17, 15) is 0 Å². The van der Waals surface area contributed by atoms with Crippen LogP contribution in [0.3, 0.4) is 0 Å². The molecule has 0 radical (unpaired) electrons. The van der Waals surface area contributed by atoms with E-state index in [4.69, 9.17) is 16.0 Å². The highest BCUT2D eigenvalue weighted by Crippen LogP contribution is 2.31. The number of aromatic nitrogens is 2. The molecule has 0 atom stereocenters. The summed E-state index contributed by atoms with van der Waals surface area (Å²) in [5, 5.41) is 8.77. The van der Waals surface area contributed by atoms with E-state index in [2.05, 4.69) is 26.1 Å². The Kier molecular flexibility index (Phi) is 3.27. The van der Waals surface area contributed by atoms with E-state index in [0.29, 0.717) is 16.8 Å². The van der Waals surface area contributed by atoms with E-state index in [1.54, 1.807) is 12.1 Å². The first-order valence-electron chi connectivity index (χ1n) is 5.17. The number of benzene rings is 1. The summed E-state index contributed by atoms with van der Waals surface area (Å²) in [6.07, 6.45) is 0. The van der Waals surface area contributed by atoms with E-state index in [-0.39, 0.29) is 5.41 Å². The minimum Gasteiger partial charge on any atom is -0.420 e. The number of hydrogen-bond donors (Lipinski definition) is 0. The Hall–Kier alpha value is -0.870. The Bertz CT molecular complexity index is 546. The van der Waals surface area contributed by atoms with Crippen molar-refractivity contribution in [3.8, 4) is 11.5 Å². The second-order valence-electron chi connectivity index (χ2n) is 4.79. The zero-order valence-corrected chi connectivity index (χ0v) is 12.1. The van der Waals surface area contributed by atoms with Crippen molar-refractivity contribution in [3.63, 3.8) is 0 Å². The molecule has 2 rings (SSSR count). The van der Waals surface area contributed by atoms with Gasteiger partial charge < -0.3 is 4.42 Å². The molecule has 0 aliphatic rings. The predicted molar refractivity (Wildman–Crippen MR) is 71.1 cm³/mol. The lowest BCUT2D eigenvalue weighted by Gasteiger charge is -2.11. The fourth-order valence-corrected chi connectivity index (χ4v) is 2.15. The van der Waals surface area contributed by atoms with E-state index in [1.807, 2.05) is 26.8 Å². The van der Waals surface area contributed by atoms with Gasteiger partial charge in [0.2, 0.25) is 11.8 Å². The predicted octanol–water partition coefficient (Wildman–Crippen LogP) is 4.45. The molecule has 2 aromatic rings. The third-order valence-electron chi connectivity index (χ3n) is 2.23. The molecule has 0 saturated carbocycles. The summed E-state index contributed by atoms with van der Waals surface area (Å²) in [7, 11) is 0. The van der Waals surface area contributed by atoms with Crippen LogP contribution in [0.1, 0.15) is 26.7 Å². The zero-order valence-electron chi connectivity index (χ0n) is 9.79. The zero-order chi connectivity index (χ0) is 12.6. The minimum atomic E-state index is -0.149. The van der Waals surface area contributed by atoms with Gasteiger partial charge in [-0.15, -0.1) is 10.2 Å². The van der Waals surface area contributed by atoms with Gasteiger partial charge in [-0.05, 0) is 34.1 Å². The Morgan fingerprint density at radius 2 is 1.94 bits per heavy atom. The molecule has 0 fully saturated rings. The van der Waals surface area contributed by atoms with Gasteiger partial charge in [-0.1, -0.05) is 32.4 Å². The van der Waals surface area contributed by atoms with Crippen LogP contribution < -0.4 is 0 Å². The maximum Gasteiger partial charge on any atom is 0.248 e. The van der Waals surface area contributed by atoms with Gasteiger partial charge >= 0.3 is 0 Å². The van der Waals surface area contributed by atoms with Crippen molar-refractivity contribution in [2.75, 3.05) is 0 Å². The third kappa shape index (κ3) is 2.69. The number of nitrogens with zero attached hydrogens (tertiary/aromatic N) is 2. The van der Waals surface area contributed by atoms with Crippen molar-refractivity contribution in [1.29, 1.82) is 0 Å². The monoisotopic (exact) mass is 314 g/mol. The normalized spacial score (nSPS) is 11.8. The molecular formula is C12H12BrClN2O. The van der Waals surface area contributed by atoms with Crippen LogP contribution in [0.25, 0.3) is 11.5 Å². The first kappa shape index (κ1) is 12.6. The average molecular weight is 316 g/mol. The fraction of sp³-hybridized carbons (Fsp3) is 0.333. The van der Waals surface area contributed by atoms with Crippen LogP contribution >= 0.6 is 27.5 Å². The molecular weight excluding hydrogens is 304 g/mol. The summed E-state index contributed by atoms with van der Waals surface area (Å²) >= 11 is 9.32. The van der Waals surface area contributed by atoms with Crippen LogP contribution in [0.4, 0.5) is 0 Å². The lowest BCUT2D eigenvalue weighted by Crippen LogP contribution is -2.11. The molecule has 17 heavy (non-hydrogen) atoms. The third-order valence-corrected chi connectivity index (χ3v) is 3.12. The summed E-state index contributed by atoms with van der Waals surface area (Å²) in [5.41, 5.74) is 0.696. The van der Waals surface area contributed by atoms with Gasteiger partial charge in [0.25, 0.3) is 0 Å². The highest BCUT2D eigenvalue weighted by molar-refractivity contribution is 9.10. The van der Waals surface area contributed by atoms with E-state index in [1.165, 1.54) is 0 Å². The molecule has 1 aromatic carbocycles. The van der Waals surface area contributed by atoms with Gasteiger partial charge in [0, 0.05) is 14.9 Å². The lowest BCUT2D eigenvalue weighted by atomic mass is 9.97. The van der Waals surface area contributed by atoms with E-state index < -0.39 is 0 Å². The largest absolute Gasteiger partial charge is 0.420 e. The number of hydrogen-bond acceptors (Lipinski definition) is 3. The molecule has 0 aliphatic heterocycles. The van der Waals surface area contributed by atoms with Crippen LogP contribution in [0.15, 0.2) is 27.1 Å². The standard InChI is InChI=1S/C12H12BrClN2O/c1-12(2,3)11-16-15-10(17-11)8-5-4-7(14)6-9(8)13/h4-6H,1-3H3. The fourth-order valence-electron chi connectivity index (χ4n) is 1.30. The molecule has 0 aliphatic carbocycles. The molecule has 0 unspecified atom stereocenters. The van der Waals surface area contributed by atoms with Crippen molar-refractivity contribution in [2.24, 2.45) is 0 Å². The van der Waals surface area contributed by atoms with Crippen molar-refractivity contribution >= 4 is 27.5 Å². The molecule has 1 aromatic heterocycles. The Labute approximate surface area is 113 Å². The maximum atomic E-state index is 5.89. The topological polar surface area (TPSA) is 38.9 Å². The molecule has 3 nitrogen and oxygen atoms in total. The summed E-state index contributed by atoms with van der Waals surface area (Å²) in [6.45, 7) is 6.09. The van der Waals surface area contributed by atoms with Gasteiger partial charge in [-0.3, -0.25) is 0 Å². The Morgan fingerprint density at radius 1 is 1.24 bits per heavy atom. The molecule has 0 N–H and O–H groups in total. The smallest absolute Gasteiger partial charge is 0.248 e. The first-order chi connectivity index (χ1) is 7.88. The van der Waals surface area contributed by atoms with Gasteiger partial charge in [-0.25, -0.2) is 0 Å². The van der Waals surface area contributed by atoms with Gasteiger partial charge in [-0.2, -0.15) is 0 Å². The second kappa shape index (κ2) is 4.42. The molecule has 0 bridgehead atoms. The molecule has 0 spiro atoms. The van der Waals surface area contributed by atoms with Gasteiger partial charge in [0.05, 0.1) is 5.56 Å². The number of rotatable bonds is 1. The van der Waals surface area contributed by atoms with Crippen molar-refractivity contribution in [1.82, 2.24) is 10.2 Å². The Balaban J connectivity index is 2.44. The summed E-state index contributed by atoms with van der Waals surface area (Å²) < 4.78 is 6.50. The van der Waals surface area contributed by atoms with Crippen LogP contribution in [0.5, 0.6) is 0 Å². The average Bonchev–Trinajstić information content (AvgIpc) is 2.65. The molecule has 5 heteroatoms. The highest BCUT2D eigenvalue weighted by Gasteiger charge is 2.22. The molecule has 1 heterocycles. The second-order valence-corrected chi connectivity index (χ2v) is 6.08. The van der Waals surface area contributed by atoms with Crippen LogP contribution in [-0.4, -0.2) is 10.2 Å². The van der Waals surface area contributed by atoms with Gasteiger partial charge in [0.1, 0.15) is 0 Å². The quantitative estimate of drug-likeness (QED) is 0.780. The van der Waals surface area contributed by atoms with Crippen molar-refractivity contribution < 1.29 is 4.42 Å². The Morgan fingerprint density at radius 3 is 2.47 bits per heavy atom. The SMILES string of the molecule is CC(C)(C)c1nnc(-c2ccc(Cl)cc2Br)o1. The minimum absolute atomic E-state index is 0.149. The molecule has 90 valence electrons. The summed E-state index contributed by atoms with van der Waals surface area (Å²) in [4.78, 5) is 0. The van der Waals surface area contributed by atoms with Crippen molar-refractivity contribution in [3.05, 3.63) is 33.6 Å². The highest BCUT2D eigenvalue weighted by atomic mass is 79.9.